The molecule has 2 amide bonds. The molecule has 2 N–H and O–H groups in total. The zero-order chi connectivity index (χ0) is 17.1. The molecule has 0 aliphatic carbocycles. The van der Waals surface area contributed by atoms with Crippen LogP contribution in [0.1, 0.15) is 12.5 Å². The molecule has 0 radical (unpaired) electrons. The Balaban J connectivity index is 1.80. The number of ether oxygens (including phenoxy) is 1. The van der Waals surface area contributed by atoms with E-state index in [1.165, 1.54) is 0 Å². The lowest BCUT2D eigenvalue weighted by Gasteiger charge is -2.29. The second-order valence-corrected chi connectivity index (χ2v) is 5.93. The maximum absolute atomic E-state index is 12.7. The molecule has 1 aromatic carbocycles. The second-order valence-electron chi connectivity index (χ2n) is 5.93. The van der Waals surface area contributed by atoms with Crippen molar-refractivity contribution >= 4 is 11.7 Å². The summed E-state index contributed by atoms with van der Waals surface area (Å²) in [5, 5.41) is 12.9. The van der Waals surface area contributed by atoms with Crippen LogP contribution in [0, 0.1) is 6.92 Å². The minimum Gasteiger partial charge on any atom is -0.388 e. The molecule has 1 fully saturated rings. The summed E-state index contributed by atoms with van der Waals surface area (Å²) in [5.41, 5.74) is 2.77. The predicted molar refractivity (Wildman–Crippen MR) is 92.5 cm³/mol. The highest BCUT2D eigenvalue weighted by Crippen LogP contribution is 2.23. The van der Waals surface area contributed by atoms with Crippen LogP contribution in [0.5, 0.6) is 0 Å². The fourth-order valence-electron chi connectivity index (χ4n) is 3.08. The standard InChI is InChI=1S/C18H23N3O3/c1-3-21(16-11-24-12-17(16)22)18(23)19-14-7-6-8-15(13(14)2)20-9-4-5-10-20/h4-10,16-17,22H,3,11-12H2,1-2H3,(H,19,23)/t16-,17-/m1/s1. The molecule has 1 aromatic heterocycles. The number of likely N-dealkylation sites (N-methyl/N-ethyl adjacent to an activating group) is 1. The number of aromatic nitrogens is 1. The lowest BCUT2D eigenvalue weighted by molar-refractivity contribution is 0.1000. The number of nitrogens with one attached hydrogen (secondary N) is 1. The molecule has 2 heterocycles. The molecular formula is C18H23N3O3. The van der Waals surface area contributed by atoms with Crippen LogP contribution in [-0.2, 0) is 4.74 Å². The summed E-state index contributed by atoms with van der Waals surface area (Å²) in [4.78, 5) is 14.3. The number of benzene rings is 1. The van der Waals surface area contributed by atoms with E-state index in [4.69, 9.17) is 4.74 Å². The van der Waals surface area contributed by atoms with Crippen molar-refractivity contribution in [1.29, 1.82) is 0 Å². The SMILES string of the molecule is CCN(C(=O)Nc1cccc(-n2cccc2)c1C)[C@@H]1COC[C@H]1O. The van der Waals surface area contributed by atoms with Crippen molar-refractivity contribution in [2.24, 2.45) is 0 Å². The Bertz CT molecular complexity index is 700. The van der Waals surface area contributed by atoms with Gasteiger partial charge in [0.15, 0.2) is 0 Å². The summed E-state index contributed by atoms with van der Waals surface area (Å²) in [6.45, 7) is 5.02. The Morgan fingerprint density at radius 1 is 1.33 bits per heavy atom. The maximum Gasteiger partial charge on any atom is 0.322 e. The average molecular weight is 329 g/mol. The van der Waals surface area contributed by atoms with Gasteiger partial charge in [0.25, 0.3) is 0 Å². The number of anilines is 1. The van der Waals surface area contributed by atoms with Crippen molar-refractivity contribution in [1.82, 2.24) is 9.47 Å². The minimum atomic E-state index is -0.636. The molecule has 2 aromatic rings. The number of hydrogen-bond donors (Lipinski definition) is 2. The van der Waals surface area contributed by atoms with Gasteiger partial charge < -0.3 is 24.6 Å². The van der Waals surface area contributed by atoms with Crippen molar-refractivity contribution in [3.05, 3.63) is 48.3 Å². The van der Waals surface area contributed by atoms with Gasteiger partial charge in [0.2, 0.25) is 0 Å². The van der Waals surface area contributed by atoms with Gasteiger partial charge in [-0.1, -0.05) is 6.07 Å². The number of carbonyl (C=O) groups is 1. The molecule has 3 rings (SSSR count). The quantitative estimate of drug-likeness (QED) is 0.905. The Hall–Kier alpha value is -2.31. The highest BCUT2D eigenvalue weighted by atomic mass is 16.5. The normalized spacial score (nSPS) is 20.1. The molecule has 1 aliphatic rings. The molecule has 0 unspecified atom stereocenters. The van der Waals surface area contributed by atoms with Gasteiger partial charge >= 0.3 is 6.03 Å². The third kappa shape index (κ3) is 3.16. The maximum atomic E-state index is 12.7. The number of hydrogen-bond acceptors (Lipinski definition) is 3. The van der Waals surface area contributed by atoms with Crippen LogP contribution in [0.2, 0.25) is 0 Å². The van der Waals surface area contributed by atoms with E-state index >= 15 is 0 Å². The van der Waals surface area contributed by atoms with Crippen LogP contribution in [0.15, 0.2) is 42.7 Å². The molecule has 1 aliphatic heterocycles. The van der Waals surface area contributed by atoms with Gasteiger partial charge in [-0.3, -0.25) is 0 Å². The smallest absolute Gasteiger partial charge is 0.322 e. The summed E-state index contributed by atoms with van der Waals surface area (Å²) in [6.07, 6.45) is 3.31. The number of rotatable bonds is 4. The fourth-order valence-corrected chi connectivity index (χ4v) is 3.08. The zero-order valence-corrected chi connectivity index (χ0v) is 14.0. The van der Waals surface area contributed by atoms with Crippen LogP contribution in [0.4, 0.5) is 10.5 Å². The molecule has 0 spiro atoms. The van der Waals surface area contributed by atoms with Gasteiger partial charge in [-0.05, 0) is 43.7 Å². The first kappa shape index (κ1) is 16.5. The van der Waals surface area contributed by atoms with Crippen LogP contribution < -0.4 is 5.32 Å². The van der Waals surface area contributed by atoms with E-state index < -0.39 is 6.10 Å². The Morgan fingerprint density at radius 3 is 2.71 bits per heavy atom. The van der Waals surface area contributed by atoms with Crippen molar-refractivity contribution < 1.29 is 14.6 Å². The molecule has 0 bridgehead atoms. The Labute approximate surface area is 141 Å². The molecule has 2 atom stereocenters. The number of urea groups is 1. The fraction of sp³-hybridized carbons (Fsp3) is 0.389. The summed E-state index contributed by atoms with van der Waals surface area (Å²) < 4.78 is 7.28. The van der Waals surface area contributed by atoms with E-state index in [0.29, 0.717) is 13.2 Å². The number of nitrogens with zero attached hydrogens (tertiary/aromatic N) is 2. The van der Waals surface area contributed by atoms with Gasteiger partial charge in [-0.15, -0.1) is 0 Å². The Morgan fingerprint density at radius 2 is 2.08 bits per heavy atom. The third-order valence-corrected chi connectivity index (χ3v) is 4.45. The first-order chi connectivity index (χ1) is 11.6. The number of aliphatic hydroxyl groups is 1. The average Bonchev–Trinajstić information content (AvgIpc) is 3.23. The van der Waals surface area contributed by atoms with Crippen molar-refractivity contribution in [2.75, 3.05) is 25.1 Å². The van der Waals surface area contributed by atoms with E-state index in [9.17, 15) is 9.90 Å². The molecule has 128 valence electrons. The molecule has 24 heavy (non-hydrogen) atoms. The van der Waals surface area contributed by atoms with E-state index in [0.717, 1.165) is 16.9 Å². The lowest BCUT2D eigenvalue weighted by Crippen LogP contribution is -2.48. The first-order valence-electron chi connectivity index (χ1n) is 8.18. The van der Waals surface area contributed by atoms with Gasteiger partial charge in [-0.2, -0.15) is 0 Å². The van der Waals surface area contributed by atoms with Gasteiger partial charge in [0.05, 0.1) is 25.4 Å². The van der Waals surface area contributed by atoms with E-state index in [-0.39, 0.29) is 18.7 Å². The summed E-state index contributed by atoms with van der Waals surface area (Å²) >= 11 is 0. The van der Waals surface area contributed by atoms with Gasteiger partial charge in [0.1, 0.15) is 0 Å². The van der Waals surface area contributed by atoms with Gasteiger partial charge in [-0.25, -0.2) is 4.79 Å². The number of aliphatic hydroxyl groups excluding tert-OH is 1. The molecule has 6 heteroatoms. The molecule has 0 saturated carbocycles. The van der Waals surface area contributed by atoms with Crippen LogP contribution >= 0.6 is 0 Å². The number of carbonyl (C=O) groups excluding carboxylic acids is 1. The predicted octanol–water partition coefficient (Wildman–Crippen LogP) is 2.40. The topological polar surface area (TPSA) is 66.7 Å². The van der Waals surface area contributed by atoms with Crippen molar-refractivity contribution in [2.45, 2.75) is 26.0 Å². The van der Waals surface area contributed by atoms with Gasteiger partial charge in [0, 0.05) is 30.3 Å². The summed E-state index contributed by atoms with van der Waals surface area (Å²) in [5.74, 6) is 0. The first-order valence-corrected chi connectivity index (χ1v) is 8.18. The zero-order valence-electron chi connectivity index (χ0n) is 14.0. The van der Waals surface area contributed by atoms with Crippen LogP contribution in [0.25, 0.3) is 5.69 Å². The number of amides is 2. The van der Waals surface area contributed by atoms with Crippen LogP contribution in [0.3, 0.4) is 0 Å². The molecular weight excluding hydrogens is 306 g/mol. The van der Waals surface area contributed by atoms with E-state index in [2.05, 4.69) is 5.32 Å². The summed E-state index contributed by atoms with van der Waals surface area (Å²) in [6, 6.07) is 9.22. The summed E-state index contributed by atoms with van der Waals surface area (Å²) in [7, 11) is 0. The van der Waals surface area contributed by atoms with Crippen molar-refractivity contribution in [3.8, 4) is 5.69 Å². The minimum absolute atomic E-state index is 0.222. The highest BCUT2D eigenvalue weighted by Gasteiger charge is 2.33. The molecule has 1 saturated heterocycles. The Kier molecular flexibility index (Phi) is 4.87. The monoisotopic (exact) mass is 329 g/mol. The van der Waals surface area contributed by atoms with Crippen LogP contribution in [-0.4, -0.2) is 52.5 Å². The second kappa shape index (κ2) is 7.07. The highest BCUT2D eigenvalue weighted by molar-refractivity contribution is 5.91. The van der Waals surface area contributed by atoms with E-state index in [1.807, 2.05) is 61.1 Å². The largest absolute Gasteiger partial charge is 0.388 e. The molecule has 6 nitrogen and oxygen atoms in total. The van der Waals surface area contributed by atoms with E-state index in [1.54, 1.807) is 4.90 Å². The third-order valence-electron chi connectivity index (χ3n) is 4.45. The van der Waals surface area contributed by atoms with Crippen molar-refractivity contribution in [3.63, 3.8) is 0 Å². The lowest BCUT2D eigenvalue weighted by atomic mass is 10.1.